The highest BCUT2D eigenvalue weighted by Gasteiger charge is 2.51. The van der Waals surface area contributed by atoms with E-state index in [1.807, 2.05) is 9.80 Å². The molecule has 5 heterocycles. The predicted molar refractivity (Wildman–Crippen MR) is 155 cm³/mol. The van der Waals surface area contributed by atoms with Gasteiger partial charge in [0, 0.05) is 43.2 Å². The number of fused-ring (bicyclic) bond motifs is 1. The monoisotopic (exact) mass is 649 g/mol. The van der Waals surface area contributed by atoms with Crippen LogP contribution in [0.4, 0.5) is 33.5 Å². The number of benzene rings is 1. The molecular weight excluding hydrogens is 621 g/mol. The number of halogens is 6. The van der Waals surface area contributed by atoms with Gasteiger partial charge in [-0.3, -0.25) is 4.90 Å². The number of pyridine rings is 1. The standard InChI is InChI=1S/C30H29ClF5N7O2/c1-42-25-20-24(40-27(41-25)45-14-29-3-2-5-43(29)13-16(32)11-29)22(33)23(18-7-17(38)8-19(31)21(18)30(34,35)36)39-26(20)44-6-4-28(42)9-15(10-28)12-37/h7-8,15-16H,2-6,9-11,13-14,38H2,1H3/t15?,16-,28?,29+/m1/s1. The molecule has 45 heavy (non-hydrogen) atoms. The van der Waals surface area contributed by atoms with Crippen LogP contribution in [0.3, 0.4) is 0 Å². The minimum atomic E-state index is -4.96. The SMILES string of the molecule is CN1c2nc(OC[C@@]34CCCN3C[C@H](F)C4)nc3c(F)c(-c4cc(N)cc(Cl)c4C(F)(F)F)nc(c23)OCCC12CC(C#N)C2. The van der Waals surface area contributed by atoms with Crippen LogP contribution in [0.1, 0.15) is 44.1 Å². The lowest BCUT2D eigenvalue weighted by atomic mass is 9.66. The van der Waals surface area contributed by atoms with Crippen molar-refractivity contribution >= 4 is 34.0 Å². The predicted octanol–water partition coefficient (Wildman–Crippen LogP) is 5.93. The molecule has 4 aliphatic rings. The second kappa shape index (κ2) is 10.4. The molecule has 2 N–H and O–H groups in total. The third-order valence-electron chi connectivity index (χ3n) is 9.87. The van der Waals surface area contributed by atoms with E-state index in [1.54, 1.807) is 7.05 Å². The summed E-state index contributed by atoms with van der Waals surface area (Å²) in [6.45, 7) is 1.18. The maximum absolute atomic E-state index is 16.6. The summed E-state index contributed by atoms with van der Waals surface area (Å²) in [5, 5.41) is 8.84. The second-order valence-corrected chi connectivity index (χ2v) is 12.9. The number of alkyl halides is 4. The molecule has 15 heteroatoms. The summed E-state index contributed by atoms with van der Waals surface area (Å²) in [4.78, 5) is 17.1. The van der Waals surface area contributed by atoms with Crippen molar-refractivity contribution in [3.05, 3.63) is 28.5 Å². The van der Waals surface area contributed by atoms with Gasteiger partial charge >= 0.3 is 12.2 Å². The van der Waals surface area contributed by atoms with E-state index in [9.17, 15) is 22.8 Å². The first kappa shape index (κ1) is 30.0. The maximum atomic E-state index is 16.6. The van der Waals surface area contributed by atoms with E-state index >= 15 is 4.39 Å². The summed E-state index contributed by atoms with van der Waals surface area (Å²) in [5.74, 6) is -1.32. The Morgan fingerprint density at radius 3 is 2.71 bits per heavy atom. The molecule has 1 aliphatic carbocycles. The fourth-order valence-corrected chi connectivity index (χ4v) is 7.94. The molecule has 0 unspecified atom stereocenters. The minimum absolute atomic E-state index is 0.0513. The van der Waals surface area contributed by atoms with Gasteiger partial charge in [0.05, 0.1) is 34.7 Å². The topological polar surface area (TPSA) is 113 Å². The van der Waals surface area contributed by atoms with Gasteiger partial charge in [0.25, 0.3) is 0 Å². The largest absolute Gasteiger partial charge is 0.477 e. The first-order chi connectivity index (χ1) is 21.3. The number of nitrogens with zero attached hydrogens (tertiary/aromatic N) is 6. The van der Waals surface area contributed by atoms with Gasteiger partial charge in [-0.15, -0.1) is 0 Å². The Bertz CT molecular complexity index is 1740. The Labute approximate surface area is 260 Å². The zero-order valence-corrected chi connectivity index (χ0v) is 25.0. The number of nitriles is 1. The summed E-state index contributed by atoms with van der Waals surface area (Å²) in [7, 11) is 1.77. The van der Waals surface area contributed by atoms with Gasteiger partial charge < -0.3 is 20.1 Å². The number of hydrogen-bond donors (Lipinski definition) is 1. The van der Waals surface area contributed by atoms with Gasteiger partial charge in [-0.05, 0) is 44.4 Å². The zero-order valence-electron chi connectivity index (χ0n) is 24.2. The van der Waals surface area contributed by atoms with Crippen LogP contribution in [-0.2, 0) is 6.18 Å². The van der Waals surface area contributed by atoms with Crippen molar-refractivity contribution in [2.45, 2.75) is 62.0 Å². The average molecular weight is 650 g/mol. The van der Waals surface area contributed by atoms with Gasteiger partial charge in [0.15, 0.2) is 5.82 Å². The molecule has 7 rings (SSSR count). The van der Waals surface area contributed by atoms with Crippen LogP contribution < -0.4 is 20.1 Å². The fraction of sp³-hybridized carbons (Fsp3) is 0.533. The van der Waals surface area contributed by atoms with E-state index in [0.29, 0.717) is 32.2 Å². The summed E-state index contributed by atoms with van der Waals surface area (Å²) >= 11 is 5.99. The molecule has 1 spiro atoms. The number of ether oxygens (including phenoxy) is 2. The lowest BCUT2D eigenvalue weighted by molar-refractivity contribution is -0.137. The molecule has 0 bridgehead atoms. The van der Waals surface area contributed by atoms with Gasteiger partial charge in [0.2, 0.25) is 5.88 Å². The number of nitrogens with two attached hydrogens (primary N) is 1. The van der Waals surface area contributed by atoms with Crippen molar-refractivity contribution in [2.75, 3.05) is 44.0 Å². The number of aromatic nitrogens is 3. The number of anilines is 2. The first-order valence-corrected chi connectivity index (χ1v) is 15.1. The highest BCUT2D eigenvalue weighted by atomic mass is 35.5. The van der Waals surface area contributed by atoms with Crippen LogP contribution in [0.2, 0.25) is 5.02 Å². The van der Waals surface area contributed by atoms with Crippen LogP contribution in [-0.4, -0.2) is 70.5 Å². The molecule has 3 aromatic rings. The number of rotatable bonds is 4. The van der Waals surface area contributed by atoms with Gasteiger partial charge in [-0.1, -0.05) is 11.6 Å². The average Bonchev–Trinajstić information content (AvgIpc) is 3.47. The molecule has 1 aromatic carbocycles. The second-order valence-electron chi connectivity index (χ2n) is 12.5. The lowest BCUT2D eigenvalue weighted by Gasteiger charge is -2.52. The maximum Gasteiger partial charge on any atom is 0.418 e. The van der Waals surface area contributed by atoms with Crippen molar-refractivity contribution in [2.24, 2.45) is 5.92 Å². The normalized spacial score (nSPS) is 27.9. The Kier molecular flexibility index (Phi) is 6.94. The lowest BCUT2D eigenvalue weighted by Crippen LogP contribution is -2.57. The molecule has 3 aliphatic heterocycles. The molecule has 1 saturated carbocycles. The third kappa shape index (κ3) is 4.77. The molecule has 0 amide bonds. The van der Waals surface area contributed by atoms with Crippen LogP contribution in [0.5, 0.6) is 11.9 Å². The van der Waals surface area contributed by atoms with Gasteiger partial charge in [-0.2, -0.15) is 28.4 Å². The smallest absolute Gasteiger partial charge is 0.418 e. The Balaban J connectivity index is 1.41. The van der Waals surface area contributed by atoms with E-state index in [4.69, 9.17) is 26.8 Å². The van der Waals surface area contributed by atoms with E-state index in [1.165, 1.54) is 0 Å². The molecule has 2 atom stereocenters. The molecule has 2 saturated heterocycles. The summed E-state index contributed by atoms with van der Waals surface area (Å²) in [6.07, 6.45) is -2.62. The summed E-state index contributed by atoms with van der Waals surface area (Å²) < 4.78 is 85.8. The third-order valence-corrected chi connectivity index (χ3v) is 10.2. The number of nitrogen functional groups attached to an aromatic ring is 1. The van der Waals surface area contributed by atoms with Crippen molar-refractivity contribution in [3.63, 3.8) is 0 Å². The quantitative estimate of drug-likeness (QED) is 0.271. The molecule has 3 fully saturated rings. The highest BCUT2D eigenvalue weighted by Crippen LogP contribution is 2.51. The molecule has 2 aromatic heterocycles. The van der Waals surface area contributed by atoms with Crippen LogP contribution in [0, 0.1) is 23.1 Å². The van der Waals surface area contributed by atoms with E-state index < -0.39 is 51.1 Å². The van der Waals surface area contributed by atoms with Gasteiger partial charge in [0.1, 0.15) is 35.2 Å². The van der Waals surface area contributed by atoms with Crippen molar-refractivity contribution < 1.29 is 31.4 Å². The van der Waals surface area contributed by atoms with E-state index in [2.05, 4.69) is 21.0 Å². The van der Waals surface area contributed by atoms with E-state index in [0.717, 1.165) is 25.1 Å². The highest BCUT2D eigenvalue weighted by molar-refractivity contribution is 6.32. The van der Waals surface area contributed by atoms with Crippen molar-refractivity contribution in [3.8, 4) is 29.2 Å². The molecule has 238 valence electrons. The van der Waals surface area contributed by atoms with Crippen LogP contribution in [0.25, 0.3) is 22.2 Å². The van der Waals surface area contributed by atoms with E-state index in [-0.39, 0.29) is 59.9 Å². The Hall–Kier alpha value is -3.70. The summed E-state index contributed by atoms with van der Waals surface area (Å²) in [5.41, 5.74) is 1.60. The van der Waals surface area contributed by atoms with Crippen molar-refractivity contribution in [1.82, 2.24) is 19.9 Å². The Morgan fingerprint density at radius 1 is 1.20 bits per heavy atom. The van der Waals surface area contributed by atoms with Gasteiger partial charge in [-0.25, -0.2) is 13.8 Å². The fourth-order valence-electron chi connectivity index (χ4n) is 7.60. The molecule has 9 nitrogen and oxygen atoms in total. The first-order valence-electron chi connectivity index (χ1n) is 14.7. The minimum Gasteiger partial charge on any atom is -0.477 e. The molecular formula is C30H29ClF5N7O2. The molecule has 0 radical (unpaired) electrons. The Morgan fingerprint density at radius 2 is 1.98 bits per heavy atom. The summed E-state index contributed by atoms with van der Waals surface area (Å²) in [6, 6.07) is 3.95. The van der Waals surface area contributed by atoms with Crippen molar-refractivity contribution in [1.29, 1.82) is 5.26 Å². The number of hydrogen-bond acceptors (Lipinski definition) is 9. The van der Waals surface area contributed by atoms with Crippen LogP contribution in [0.15, 0.2) is 12.1 Å². The zero-order chi connectivity index (χ0) is 31.9. The van der Waals surface area contributed by atoms with Crippen LogP contribution >= 0.6 is 11.6 Å².